The highest BCUT2D eigenvalue weighted by Gasteiger charge is 2.23. The zero-order valence-electron chi connectivity index (χ0n) is 12.5. The van der Waals surface area contributed by atoms with E-state index in [1.807, 2.05) is 30.2 Å². The molecule has 1 saturated heterocycles. The lowest BCUT2D eigenvalue weighted by Crippen LogP contribution is -2.46. The van der Waals surface area contributed by atoms with Gasteiger partial charge in [0.05, 0.1) is 0 Å². The molecule has 1 aromatic heterocycles. The summed E-state index contributed by atoms with van der Waals surface area (Å²) in [4.78, 5) is 8.19. The number of halogens is 1. The predicted octanol–water partition coefficient (Wildman–Crippen LogP) is 3.24. The molecule has 0 spiro atoms. The Morgan fingerprint density at radius 3 is 2.82 bits per heavy atom. The van der Waals surface area contributed by atoms with Gasteiger partial charge in [-0.2, -0.15) is 0 Å². The Bertz CT molecular complexity index is 538. The molecule has 22 heavy (non-hydrogen) atoms. The van der Waals surface area contributed by atoms with Gasteiger partial charge >= 0.3 is 0 Å². The van der Waals surface area contributed by atoms with E-state index >= 15 is 0 Å². The first-order valence-electron chi connectivity index (χ1n) is 7.46. The Morgan fingerprint density at radius 2 is 2.05 bits per heavy atom. The molecule has 0 bridgehead atoms. The molecule has 3 nitrogen and oxygen atoms in total. The van der Waals surface area contributed by atoms with Crippen molar-refractivity contribution in [3.05, 3.63) is 60.4 Å². The number of piperazine rings is 1. The largest absolute Gasteiger partial charge is 0.314 e. The third kappa shape index (κ3) is 4.71. The number of benzene rings is 1. The van der Waals surface area contributed by atoms with Crippen molar-refractivity contribution in [1.29, 1.82) is 0 Å². The van der Waals surface area contributed by atoms with E-state index in [2.05, 4.69) is 51.6 Å². The molecule has 5 heteroatoms. The quantitative estimate of drug-likeness (QED) is 0.849. The van der Waals surface area contributed by atoms with Gasteiger partial charge in [0, 0.05) is 55.3 Å². The molecule has 3 rings (SSSR count). The second-order valence-corrected chi connectivity index (χ2v) is 6.37. The van der Waals surface area contributed by atoms with Crippen molar-refractivity contribution < 1.29 is 0 Å². The maximum absolute atomic E-state index is 4.26. The van der Waals surface area contributed by atoms with Crippen LogP contribution in [0.15, 0.2) is 59.8 Å². The number of nitrogens with zero attached hydrogens (tertiary/aromatic N) is 2. The fraction of sp³-hybridized carbons (Fsp3) is 0.353. The van der Waals surface area contributed by atoms with E-state index in [0.29, 0.717) is 6.04 Å². The van der Waals surface area contributed by atoms with Crippen LogP contribution in [-0.4, -0.2) is 41.8 Å². The van der Waals surface area contributed by atoms with Crippen molar-refractivity contribution in [3.8, 4) is 0 Å². The lowest BCUT2D eigenvalue weighted by molar-refractivity contribution is 0.172. The monoisotopic (exact) mass is 335 g/mol. The van der Waals surface area contributed by atoms with E-state index in [-0.39, 0.29) is 12.4 Å². The summed E-state index contributed by atoms with van der Waals surface area (Å²) in [6.07, 6.45) is 3.84. The van der Waals surface area contributed by atoms with Crippen LogP contribution >= 0.6 is 24.2 Å². The predicted molar refractivity (Wildman–Crippen MR) is 95.8 cm³/mol. The van der Waals surface area contributed by atoms with Gasteiger partial charge < -0.3 is 5.32 Å². The molecule has 0 amide bonds. The average molecular weight is 336 g/mol. The summed E-state index contributed by atoms with van der Waals surface area (Å²) in [5.74, 6) is 1.13. The minimum absolute atomic E-state index is 0. The van der Waals surface area contributed by atoms with Crippen LogP contribution in [0.1, 0.15) is 11.6 Å². The van der Waals surface area contributed by atoms with Gasteiger partial charge in [-0.1, -0.05) is 24.3 Å². The lowest BCUT2D eigenvalue weighted by atomic mass is 10.1. The molecule has 1 N–H and O–H groups in total. The van der Waals surface area contributed by atoms with Crippen LogP contribution in [0.25, 0.3) is 0 Å². The molecule has 0 saturated carbocycles. The van der Waals surface area contributed by atoms with Crippen LogP contribution in [0.3, 0.4) is 0 Å². The molecule has 1 unspecified atom stereocenters. The van der Waals surface area contributed by atoms with E-state index in [1.165, 1.54) is 10.5 Å². The number of pyridine rings is 1. The molecule has 1 atom stereocenters. The Hall–Kier alpha value is -1.07. The third-order valence-corrected chi connectivity index (χ3v) is 4.81. The molecular weight excluding hydrogens is 314 g/mol. The first-order chi connectivity index (χ1) is 10.4. The van der Waals surface area contributed by atoms with Gasteiger partial charge in [0.15, 0.2) is 0 Å². The molecule has 1 fully saturated rings. The fourth-order valence-electron chi connectivity index (χ4n) is 2.71. The summed E-state index contributed by atoms with van der Waals surface area (Å²) in [6.45, 7) is 4.31. The number of hydrogen-bond acceptors (Lipinski definition) is 4. The molecule has 0 radical (unpaired) electrons. The van der Waals surface area contributed by atoms with Gasteiger partial charge in [-0.05, 0) is 23.8 Å². The van der Waals surface area contributed by atoms with Crippen LogP contribution in [0.5, 0.6) is 0 Å². The number of hydrogen-bond donors (Lipinski definition) is 1. The zero-order chi connectivity index (χ0) is 14.3. The van der Waals surface area contributed by atoms with E-state index in [4.69, 9.17) is 0 Å². The summed E-state index contributed by atoms with van der Waals surface area (Å²) >= 11 is 1.93. The highest BCUT2D eigenvalue weighted by Crippen LogP contribution is 2.23. The van der Waals surface area contributed by atoms with E-state index in [9.17, 15) is 0 Å². The summed E-state index contributed by atoms with van der Waals surface area (Å²) < 4.78 is 0. The van der Waals surface area contributed by atoms with Crippen LogP contribution < -0.4 is 5.32 Å². The minimum Gasteiger partial charge on any atom is -0.314 e. The van der Waals surface area contributed by atoms with Gasteiger partial charge in [0.2, 0.25) is 0 Å². The minimum atomic E-state index is 0. The van der Waals surface area contributed by atoms with Gasteiger partial charge in [-0.15, -0.1) is 24.2 Å². The van der Waals surface area contributed by atoms with Crippen molar-refractivity contribution in [3.63, 3.8) is 0 Å². The molecular formula is C17H22ClN3S. The van der Waals surface area contributed by atoms with E-state index in [0.717, 1.165) is 31.9 Å². The SMILES string of the molecule is Cl.c1ccc(SCCN2CCNCC2c2cccnc2)cc1. The Balaban J connectivity index is 0.00000176. The molecule has 1 aliphatic heterocycles. The second kappa shape index (κ2) is 9.16. The number of nitrogens with one attached hydrogen (secondary N) is 1. The highest BCUT2D eigenvalue weighted by molar-refractivity contribution is 7.99. The van der Waals surface area contributed by atoms with Crippen molar-refractivity contribution in [2.24, 2.45) is 0 Å². The van der Waals surface area contributed by atoms with Crippen molar-refractivity contribution in [2.45, 2.75) is 10.9 Å². The maximum Gasteiger partial charge on any atom is 0.0488 e. The third-order valence-electron chi connectivity index (χ3n) is 3.81. The molecule has 118 valence electrons. The molecule has 1 aromatic carbocycles. The first-order valence-corrected chi connectivity index (χ1v) is 8.44. The Labute approximate surface area is 142 Å². The normalized spacial score (nSPS) is 18.6. The van der Waals surface area contributed by atoms with Crippen molar-refractivity contribution in [1.82, 2.24) is 15.2 Å². The Morgan fingerprint density at radius 1 is 1.18 bits per heavy atom. The standard InChI is InChI=1S/C17H21N3S.ClH/c1-2-6-16(7-3-1)21-12-11-20-10-9-19-14-17(20)15-5-4-8-18-13-15;/h1-8,13,17,19H,9-12,14H2;1H. The fourth-order valence-corrected chi connectivity index (χ4v) is 3.62. The van der Waals surface area contributed by atoms with Gasteiger partial charge in [-0.3, -0.25) is 9.88 Å². The highest BCUT2D eigenvalue weighted by atomic mass is 35.5. The van der Waals surface area contributed by atoms with Gasteiger partial charge in [0.1, 0.15) is 0 Å². The van der Waals surface area contributed by atoms with Crippen LogP contribution in [0.2, 0.25) is 0 Å². The zero-order valence-corrected chi connectivity index (χ0v) is 14.2. The smallest absolute Gasteiger partial charge is 0.0488 e. The lowest BCUT2D eigenvalue weighted by Gasteiger charge is -2.36. The molecule has 2 heterocycles. The number of aromatic nitrogens is 1. The Kier molecular flexibility index (Phi) is 7.19. The van der Waals surface area contributed by atoms with E-state index in [1.54, 1.807) is 0 Å². The number of thioether (sulfide) groups is 1. The molecule has 0 aliphatic carbocycles. The van der Waals surface area contributed by atoms with Gasteiger partial charge in [-0.25, -0.2) is 0 Å². The van der Waals surface area contributed by atoms with Crippen LogP contribution in [0.4, 0.5) is 0 Å². The molecule has 1 aliphatic rings. The van der Waals surface area contributed by atoms with Crippen LogP contribution in [0, 0.1) is 0 Å². The van der Waals surface area contributed by atoms with Gasteiger partial charge in [0.25, 0.3) is 0 Å². The summed E-state index contributed by atoms with van der Waals surface area (Å²) in [5.41, 5.74) is 1.31. The second-order valence-electron chi connectivity index (χ2n) is 5.20. The maximum atomic E-state index is 4.26. The molecule has 2 aromatic rings. The van der Waals surface area contributed by atoms with E-state index < -0.39 is 0 Å². The summed E-state index contributed by atoms with van der Waals surface area (Å²) in [5, 5.41) is 3.50. The topological polar surface area (TPSA) is 28.2 Å². The van der Waals surface area contributed by atoms with Crippen molar-refractivity contribution in [2.75, 3.05) is 31.9 Å². The number of rotatable bonds is 5. The van der Waals surface area contributed by atoms with Crippen molar-refractivity contribution >= 4 is 24.2 Å². The summed E-state index contributed by atoms with van der Waals surface area (Å²) in [6, 6.07) is 15.3. The average Bonchev–Trinajstić information content (AvgIpc) is 2.57. The first kappa shape index (κ1) is 17.3. The summed E-state index contributed by atoms with van der Waals surface area (Å²) in [7, 11) is 0. The van der Waals surface area contributed by atoms with Crippen LogP contribution in [-0.2, 0) is 0 Å².